The van der Waals surface area contributed by atoms with Crippen molar-refractivity contribution >= 4 is 22.4 Å². The van der Waals surface area contributed by atoms with Gasteiger partial charge in [-0.2, -0.15) is 0 Å². The van der Waals surface area contributed by atoms with Gasteiger partial charge >= 0.3 is 0 Å². The molecule has 1 N–H and O–H groups in total. The summed E-state index contributed by atoms with van der Waals surface area (Å²) in [6.45, 7) is 0. The van der Waals surface area contributed by atoms with Crippen LogP contribution in [0.5, 0.6) is 5.75 Å². The van der Waals surface area contributed by atoms with Gasteiger partial charge in [-0.05, 0) is 5.56 Å². The van der Waals surface area contributed by atoms with Gasteiger partial charge in [0.2, 0.25) is 10.6 Å². The second-order valence-electron chi connectivity index (χ2n) is 5.32. The molecule has 0 saturated carbocycles. The molecule has 2 heterocycles. The lowest BCUT2D eigenvalue weighted by Crippen LogP contribution is -2.21. The average Bonchev–Trinajstić information content (AvgIpc) is 3.04. The first-order valence-corrected chi connectivity index (χ1v) is 8.31. The Hall–Kier alpha value is -3.00. The van der Waals surface area contributed by atoms with Gasteiger partial charge in [-0.25, -0.2) is 0 Å². The molecule has 0 aliphatic heterocycles. The standard InChI is InChI=1S/C17H16N4O3S/c1-21-10-14(24-2)13(22)9-12(21)16(23)18-17-20-19-15(25-17)8-11-6-4-3-5-7-11/h3-7,9-10H,8H2,1-2H3,(H,18,20,23). The molecule has 0 aliphatic carbocycles. The SMILES string of the molecule is COc1cn(C)c(C(=O)Nc2nnc(Cc3ccccc3)s2)cc1=O. The van der Waals surface area contributed by atoms with Gasteiger partial charge in [0.25, 0.3) is 5.91 Å². The molecule has 0 unspecified atom stereocenters. The molecule has 8 heteroatoms. The zero-order valence-corrected chi connectivity index (χ0v) is 14.5. The molecule has 0 fully saturated rings. The summed E-state index contributed by atoms with van der Waals surface area (Å²) in [5.74, 6) is -0.246. The van der Waals surface area contributed by atoms with Gasteiger partial charge in [0, 0.05) is 19.5 Å². The molecule has 0 spiro atoms. The predicted molar refractivity (Wildman–Crippen MR) is 95.3 cm³/mol. The van der Waals surface area contributed by atoms with Gasteiger partial charge in [-0.15, -0.1) is 10.2 Å². The van der Waals surface area contributed by atoms with Crippen LogP contribution < -0.4 is 15.5 Å². The molecule has 1 aromatic carbocycles. The van der Waals surface area contributed by atoms with Gasteiger partial charge in [-0.3, -0.25) is 14.9 Å². The number of anilines is 1. The minimum Gasteiger partial charge on any atom is -0.491 e. The summed E-state index contributed by atoms with van der Waals surface area (Å²) in [6.07, 6.45) is 2.12. The van der Waals surface area contributed by atoms with Gasteiger partial charge in [0.1, 0.15) is 10.7 Å². The van der Waals surface area contributed by atoms with E-state index in [2.05, 4.69) is 15.5 Å². The molecule has 3 aromatic rings. The third-order valence-electron chi connectivity index (χ3n) is 3.54. The summed E-state index contributed by atoms with van der Waals surface area (Å²) in [6, 6.07) is 11.1. The van der Waals surface area contributed by atoms with Crippen molar-refractivity contribution in [1.29, 1.82) is 0 Å². The molecule has 0 aliphatic rings. The summed E-state index contributed by atoms with van der Waals surface area (Å²) in [5.41, 5.74) is 0.979. The van der Waals surface area contributed by atoms with Crippen LogP contribution in [-0.4, -0.2) is 27.8 Å². The van der Waals surface area contributed by atoms with Crippen LogP contribution in [0.3, 0.4) is 0 Å². The van der Waals surface area contributed by atoms with Crippen molar-refractivity contribution in [3.05, 3.63) is 69.1 Å². The summed E-state index contributed by atoms with van der Waals surface area (Å²) < 4.78 is 6.48. The largest absolute Gasteiger partial charge is 0.491 e. The van der Waals surface area contributed by atoms with Crippen LogP contribution in [0.1, 0.15) is 21.1 Å². The van der Waals surface area contributed by atoms with Gasteiger partial charge in [0.15, 0.2) is 5.75 Å². The Bertz CT molecular complexity index is 950. The number of amides is 1. The predicted octanol–water partition coefficient (Wildman–Crippen LogP) is 2.09. The van der Waals surface area contributed by atoms with Gasteiger partial charge < -0.3 is 9.30 Å². The molecule has 0 bridgehead atoms. The average molecular weight is 356 g/mol. The fourth-order valence-electron chi connectivity index (χ4n) is 2.29. The first-order valence-electron chi connectivity index (χ1n) is 7.49. The van der Waals surface area contributed by atoms with Crippen molar-refractivity contribution in [2.75, 3.05) is 12.4 Å². The third kappa shape index (κ3) is 3.92. The monoisotopic (exact) mass is 356 g/mol. The highest BCUT2D eigenvalue weighted by atomic mass is 32.1. The number of hydrogen-bond acceptors (Lipinski definition) is 6. The maximum atomic E-state index is 12.4. The van der Waals surface area contributed by atoms with Crippen LogP contribution in [0, 0.1) is 0 Å². The number of aromatic nitrogens is 3. The Morgan fingerprint density at radius 3 is 2.76 bits per heavy atom. The molecule has 2 aromatic heterocycles. The number of carbonyl (C=O) groups is 1. The van der Waals surface area contributed by atoms with E-state index in [0.717, 1.165) is 10.6 Å². The third-order valence-corrected chi connectivity index (χ3v) is 4.38. The van der Waals surface area contributed by atoms with Crippen molar-refractivity contribution in [3.8, 4) is 5.75 Å². The number of carbonyl (C=O) groups excluding carboxylic acids is 1. The van der Waals surface area contributed by atoms with E-state index in [1.807, 2.05) is 30.3 Å². The molecular formula is C17H16N4O3S. The highest BCUT2D eigenvalue weighted by Gasteiger charge is 2.15. The zero-order valence-electron chi connectivity index (χ0n) is 13.7. The summed E-state index contributed by atoms with van der Waals surface area (Å²) in [5, 5.41) is 11.9. The summed E-state index contributed by atoms with van der Waals surface area (Å²) >= 11 is 1.30. The van der Waals surface area contributed by atoms with E-state index in [4.69, 9.17) is 4.74 Å². The normalized spacial score (nSPS) is 10.5. The quantitative estimate of drug-likeness (QED) is 0.756. The van der Waals surface area contributed by atoms with Crippen LogP contribution in [0.2, 0.25) is 0 Å². The number of benzene rings is 1. The number of hydrogen-bond donors (Lipinski definition) is 1. The van der Waals surface area contributed by atoms with E-state index in [-0.39, 0.29) is 16.9 Å². The van der Waals surface area contributed by atoms with E-state index in [1.54, 1.807) is 7.05 Å². The Morgan fingerprint density at radius 1 is 1.28 bits per heavy atom. The lowest BCUT2D eigenvalue weighted by atomic mass is 10.2. The Labute approximate surface area is 147 Å². The number of rotatable bonds is 5. The second-order valence-corrected chi connectivity index (χ2v) is 6.38. The molecule has 1 amide bonds. The minimum atomic E-state index is -0.426. The maximum absolute atomic E-state index is 12.4. The van der Waals surface area contributed by atoms with Crippen molar-refractivity contribution in [2.45, 2.75) is 6.42 Å². The van der Waals surface area contributed by atoms with Crippen LogP contribution >= 0.6 is 11.3 Å². The number of pyridine rings is 1. The van der Waals surface area contributed by atoms with Crippen molar-refractivity contribution in [1.82, 2.24) is 14.8 Å². The maximum Gasteiger partial charge on any atom is 0.274 e. The first kappa shape index (κ1) is 16.8. The summed E-state index contributed by atoms with van der Waals surface area (Å²) in [4.78, 5) is 24.2. The highest BCUT2D eigenvalue weighted by Crippen LogP contribution is 2.19. The fourth-order valence-corrected chi connectivity index (χ4v) is 3.06. The lowest BCUT2D eigenvalue weighted by Gasteiger charge is -2.09. The van der Waals surface area contributed by atoms with Crippen molar-refractivity contribution in [3.63, 3.8) is 0 Å². The number of ether oxygens (including phenoxy) is 1. The number of nitrogens with zero attached hydrogens (tertiary/aromatic N) is 3. The van der Waals surface area contributed by atoms with E-state index >= 15 is 0 Å². The molecule has 7 nitrogen and oxygen atoms in total. The van der Waals surface area contributed by atoms with Crippen LogP contribution in [-0.2, 0) is 13.5 Å². The smallest absolute Gasteiger partial charge is 0.274 e. The Kier molecular flexibility index (Phi) is 4.90. The lowest BCUT2D eigenvalue weighted by molar-refractivity contribution is 0.101. The fraction of sp³-hybridized carbons (Fsp3) is 0.176. The van der Waals surface area contributed by atoms with Crippen LogP contribution in [0.4, 0.5) is 5.13 Å². The van der Waals surface area contributed by atoms with Crippen LogP contribution in [0.15, 0.2) is 47.4 Å². The Morgan fingerprint density at radius 2 is 2.04 bits per heavy atom. The zero-order chi connectivity index (χ0) is 17.8. The second kappa shape index (κ2) is 7.27. The molecule has 25 heavy (non-hydrogen) atoms. The molecule has 0 radical (unpaired) electrons. The van der Waals surface area contributed by atoms with Crippen LogP contribution in [0.25, 0.3) is 0 Å². The Balaban J connectivity index is 1.74. The molecular weight excluding hydrogens is 340 g/mol. The van der Waals surface area contributed by atoms with E-state index in [9.17, 15) is 9.59 Å². The number of methoxy groups -OCH3 is 1. The molecule has 0 atom stereocenters. The van der Waals surface area contributed by atoms with Crippen molar-refractivity contribution in [2.24, 2.45) is 7.05 Å². The minimum absolute atomic E-state index is 0.181. The topological polar surface area (TPSA) is 86.1 Å². The molecule has 3 rings (SSSR count). The van der Waals surface area contributed by atoms with Crippen molar-refractivity contribution < 1.29 is 9.53 Å². The van der Waals surface area contributed by atoms with E-state index in [1.165, 1.54) is 35.3 Å². The van der Waals surface area contributed by atoms with E-state index < -0.39 is 5.91 Å². The van der Waals surface area contributed by atoms with Gasteiger partial charge in [-0.1, -0.05) is 41.7 Å². The number of nitrogens with one attached hydrogen (secondary N) is 1. The van der Waals surface area contributed by atoms with E-state index in [0.29, 0.717) is 11.6 Å². The summed E-state index contributed by atoms with van der Waals surface area (Å²) in [7, 11) is 3.07. The number of aryl methyl sites for hydroxylation is 1. The molecule has 0 saturated heterocycles. The molecule has 128 valence electrons. The first-order chi connectivity index (χ1) is 12.1. The van der Waals surface area contributed by atoms with Gasteiger partial charge in [0.05, 0.1) is 13.3 Å². The highest BCUT2D eigenvalue weighted by molar-refractivity contribution is 7.15.